The van der Waals surface area contributed by atoms with Gasteiger partial charge in [0.05, 0.1) is 6.04 Å². The van der Waals surface area contributed by atoms with E-state index < -0.39 is 0 Å². The molecule has 1 aromatic rings. The van der Waals surface area contributed by atoms with E-state index >= 15 is 0 Å². The first-order valence-corrected chi connectivity index (χ1v) is 7.71. The van der Waals surface area contributed by atoms with Crippen LogP contribution in [0, 0.1) is 12.8 Å². The lowest BCUT2D eigenvalue weighted by molar-refractivity contribution is -0.122. The summed E-state index contributed by atoms with van der Waals surface area (Å²) in [5.41, 5.74) is 8.46. The number of nitrogens with two attached hydrogens (primary N) is 1. The van der Waals surface area contributed by atoms with Crippen molar-refractivity contribution in [3.63, 3.8) is 0 Å². The summed E-state index contributed by atoms with van der Waals surface area (Å²) in [6.45, 7) is 4.18. The Morgan fingerprint density at radius 2 is 2.00 bits per heavy atom. The lowest BCUT2D eigenvalue weighted by atomic mass is 9.98. The van der Waals surface area contributed by atoms with Crippen LogP contribution in [0.3, 0.4) is 0 Å². The molecule has 1 unspecified atom stereocenters. The van der Waals surface area contributed by atoms with Crippen molar-refractivity contribution >= 4 is 18.3 Å². The quantitative estimate of drug-likeness (QED) is 0.874. The van der Waals surface area contributed by atoms with Gasteiger partial charge in [-0.05, 0) is 37.7 Å². The second-order valence-corrected chi connectivity index (χ2v) is 6.00. The molecular formula is C17H27ClN2O. The molecule has 0 aromatic heterocycles. The van der Waals surface area contributed by atoms with E-state index in [1.807, 2.05) is 0 Å². The first-order valence-electron chi connectivity index (χ1n) is 7.71. The Hall–Kier alpha value is -1.06. The molecule has 21 heavy (non-hydrogen) atoms. The SMILES string of the molecule is CCC(NC(=O)C[C@@H]1CCC[C@H]1N)c1ccc(C)cc1.Cl. The summed E-state index contributed by atoms with van der Waals surface area (Å²) in [6.07, 6.45) is 4.80. The number of hydrogen-bond donors (Lipinski definition) is 2. The summed E-state index contributed by atoms with van der Waals surface area (Å²) in [5.74, 6) is 0.505. The first-order chi connectivity index (χ1) is 9.60. The van der Waals surface area contributed by atoms with Crippen LogP contribution in [0.4, 0.5) is 0 Å². The van der Waals surface area contributed by atoms with E-state index in [-0.39, 0.29) is 30.4 Å². The Bertz CT molecular complexity index is 447. The summed E-state index contributed by atoms with van der Waals surface area (Å²) in [7, 11) is 0. The van der Waals surface area contributed by atoms with Crippen LogP contribution in [-0.2, 0) is 4.79 Å². The van der Waals surface area contributed by atoms with Crippen LogP contribution < -0.4 is 11.1 Å². The molecular weight excluding hydrogens is 284 g/mol. The number of nitrogens with one attached hydrogen (secondary N) is 1. The Labute approximate surface area is 134 Å². The van der Waals surface area contributed by atoms with Gasteiger partial charge in [0.25, 0.3) is 0 Å². The van der Waals surface area contributed by atoms with Crippen LogP contribution in [0.15, 0.2) is 24.3 Å². The van der Waals surface area contributed by atoms with Crippen LogP contribution in [0.25, 0.3) is 0 Å². The normalized spacial score (nSPS) is 22.4. The van der Waals surface area contributed by atoms with E-state index in [0.29, 0.717) is 12.3 Å². The lowest BCUT2D eigenvalue weighted by Gasteiger charge is -2.20. The van der Waals surface area contributed by atoms with Crippen LogP contribution in [-0.4, -0.2) is 11.9 Å². The molecule has 3 nitrogen and oxygen atoms in total. The number of aryl methyl sites for hydroxylation is 1. The van der Waals surface area contributed by atoms with Crippen molar-refractivity contribution in [2.45, 2.75) is 58.0 Å². The number of carbonyl (C=O) groups excluding carboxylic acids is 1. The molecule has 0 spiro atoms. The molecule has 2 rings (SSSR count). The van der Waals surface area contributed by atoms with Gasteiger partial charge in [-0.1, -0.05) is 43.2 Å². The number of carbonyl (C=O) groups is 1. The van der Waals surface area contributed by atoms with Crippen LogP contribution in [0.2, 0.25) is 0 Å². The number of rotatable bonds is 5. The average molecular weight is 311 g/mol. The van der Waals surface area contributed by atoms with Crippen molar-refractivity contribution in [1.82, 2.24) is 5.32 Å². The molecule has 1 amide bonds. The molecule has 1 saturated carbocycles. The Morgan fingerprint density at radius 3 is 2.52 bits per heavy atom. The van der Waals surface area contributed by atoms with Gasteiger partial charge in [-0.25, -0.2) is 0 Å². The highest BCUT2D eigenvalue weighted by atomic mass is 35.5. The maximum Gasteiger partial charge on any atom is 0.220 e. The Kier molecular flexibility index (Phi) is 7.20. The number of hydrogen-bond acceptors (Lipinski definition) is 2. The molecule has 1 aliphatic rings. The maximum absolute atomic E-state index is 12.2. The number of amides is 1. The van der Waals surface area contributed by atoms with Crippen molar-refractivity contribution in [3.05, 3.63) is 35.4 Å². The molecule has 118 valence electrons. The minimum absolute atomic E-state index is 0. The standard InChI is InChI=1S/C17H26N2O.ClH/c1-3-16(13-9-7-12(2)8-10-13)19-17(20)11-14-5-4-6-15(14)18;/h7-10,14-16H,3-6,11,18H2,1-2H3,(H,19,20);1H/t14-,15+,16?;/m0./s1. The molecule has 0 radical (unpaired) electrons. The highest BCUT2D eigenvalue weighted by molar-refractivity contribution is 5.85. The van der Waals surface area contributed by atoms with Gasteiger partial charge in [-0.3, -0.25) is 4.79 Å². The van der Waals surface area contributed by atoms with E-state index in [1.165, 1.54) is 11.1 Å². The highest BCUT2D eigenvalue weighted by Crippen LogP contribution is 2.27. The summed E-state index contributed by atoms with van der Waals surface area (Å²) in [5, 5.41) is 3.16. The van der Waals surface area contributed by atoms with E-state index in [9.17, 15) is 4.79 Å². The molecule has 0 aliphatic heterocycles. The van der Waals surface area contributed by atoms with Gasteiger partial charge < -0.3 is 11.1 Å². The van der Waals surface area contributed by atoms with Crippen molar-refractivity contribution < 1.29 is 4.79 Å². The fourth-order valence-corrected chi connectivity index (χ4v) is 3.03. The molecule has 1 fully saturated rings. The zero-order chi connectivity index (χ0) is 14.5. The van der Waals surface area contributed by atoms with Gasteiger partial charge in [0.1, 0.15) is 0 Å². The molecule has 1 aliphatic carbocycles. The van der Waals surface area contributed by atoms with E-state index in [1.54, 1.807) is 0 Å². The minimum atomic E-state index is 0. The topological polar surface area (TPSA) is 55.1 Å². The fourth-order valence-electron chi connectivity index (χ4n) is 3.03. The largest absolute Gasteiger partial charge is 0.349 e. The number of benzene rings is 1. The predicted octanol–water partition coefficient (Wildman–Crippen LogP) is 3.50. The Balaban J connectivity index is 0.00000220. The van der Waals surface area contributed by atoms with Gasteiger partial charge in [-0.15, -0.1) is 12.4 Å². The van der Waals surface area contributed by atoms with E-state index in [0.717, 1.165) is 25.7 Å². The summed E-state index contributed by atoms with van der Waals surface area (Å²) < 4.78 is 0. The second kappa shape index (κ2) is 8.40. The van der Waals surface area contributed by atoms with Gasteiger partial charge in [-0.2, -0.15) is 0 Å². The first kappa shape index (κ1) is 18.0. The molecule has 4 heteroatoms. The Morgan fingerprint density at radius 1 is 1.33 bits per heavy atom. The predicted molar refractivity (Wildman–Crippen MR) is 89.5 cm³/mol. The third-order valence-electron chi connectivity index (χ3n) is 4.39. The van der Waals surface area contributed by atoms with E-state index in [4.69, 9.17) is 5.73 Å². The van der Waals surface area contributed by atoms with Gasteiger partial charge in [0, 0.05) is 12.5 Å². The van der Waals surface area contributed by atoms with Crippen molar-refractivity contribution in [3.8, 4) is 0 Å². The van der Waals surface area contributed by atoms with Gasteiger partial charge >= 0.3 is 0 Å². The van der Waals surface area contributed by atoms with E-state index in [2.05, 4.69) is 43.4 Å². The third kappa shape index (κ3) is 5.01. The number of halogens is 1. The van der Waals surface area contributed by atoms with Gasteiger partial charge in [0.15, 0.2) is 0 Å². The molecule has 0 saturated heterocycles. The third-order valence-corrected chi connectivity index (χ3v) is 4.39. The molecule has 0 heterocycles. The van der Waals surface area contributed by atoms with Gasteiger partial charge in [0.2, 0.25) is 5.91 Å². The second-order valence-electron chi connectivity index (χ2n) is 6.00. The maximum atomic E-state index is 12.2. The summed E-state index contributed by atoms with van der Waals surface area (Å²) >= 11 is 0. The van der Waals surface area contributed by atoms with Crippen molar-refractivity contribution in [2.24, 2.45) is 11.7 Å². The molecule has 0 bridgehead atoms. The average Bonchev–Trinajstić information content (AvgIpc) is 2.83. The van der Waals surface area contributed by atoms with Crippen molar-refractivity contribution in [2.75, 3.05) is 0 Å². The molecule has 3 atom stereocenters. The highest BCUT2D eigenvalue weighted by Gasteiger charge is 2.26. The molecule has 1 aromatic carbocycles. The minimum Gasteiger partial charge on any atom is -0.349 e. The zero-order valence-corrected chi connectivity index (χ0v) is 13.8. The summed E-state index contributed by atoms with van der Waals surface area (Å²) in [6, 6.07) is 8.71. The van der Waals surface area contributed by atoms with Crippen molar-refractivity contribution in [1.29, 1.82) is 0 Å². The zero-order valence-electron chi connectivity index (χ0n) is 13.0. The smallest absolute Gasteiger partial charge is 0.220 e. The van der Waals surface area contributed by atoms with Crippen LogP contribution >= 0.6 is 12.4 Å². The summed E-state index contributed by atoms with van der Waals surface area (Å²) in [4.78, 5) is 12.2. The molecule has 3 N–H and O–H groups in total. The van der Waals surface area contributed by atoms with Crippen LogP contribution in [0.1, 0.15) is 56.2 Å². The lowest BCUT2D eigenvalue weighted by Crippen LogP contribution is -2.33. The monoisotopic (exact) mass is 310 g/mol. The fraction of sp³-hybridized carbons (Fsp3) is 0.588. The van der Waals surface area contributed by atoms with Crippen LogP contribution in [0.5, 0.6) is 0 Å².